The third kappa shape index (κ3) is 7.54. The largest absolute Gasteiger partial charge is 0.378 e. The number of urea groups is 1. The van der Waals surface area contributed by atoms with Crippen molar-refractivity contribution in [3.63, 3.8) is 0 Å². The van der Waals surface area contributed by atoms with Crippen molar-refractivity contribution >= 4 is 46.4 Å². The number of nitrogens with zero attached hydrogens (tertiary/aromatic N) is 6. The van der Waals surface area contributed by atoms with Crippen molar-refractivity contribution in [3.8, 4) is 11.4 Å². The Hall–Kier alpha value is -4.98. The molecule has 4 N–H and O–H groups in total. The summed E-state index contributed by atoms with van der Waals surface area (Å²) in [6.07, 6.45) is 3.22. The van der Waals surface area contributed by atoms with E-state index in [-0.39, 0.29) is 11.8 Å². The van der Waals surface area contributed by atoms with E-state index in [9.17, 15) is 9.59 Å². The molecule has 13 heteroatoms. The number of nitrogens with one attached hydrogen (secondary N) is 4. The van der Waals surface area contributed by atoms with Crippen molar-refractivity contribution in [1.29, 1.82) is 5.41 Å². The van der Waals surface area contributed by atoms with E-state index in [2.05, 4.69) is 32.8 Å². The number of carbonyl (C=O) groups is 2. The summed E-state index contributed by atoms with van der Waals surface area (Å²) < 4.78 is 5.57. The second-order valence-electron chi connectivity index (χ2n) is 11.8. The predicted molar refractivity (Wildman–Crippen MR) is 184 cm³/mol. The van der Waals surface area contributed by atoms with Gasteiger partial charge in [-0.2, -0.15) is 0 Å². The summed E-state index contributed by atoms with van der Waals surface area (Å²) >= 11 is 0. The van der Waals surface area contributed by atoms with Crippen LogP contribution in [0.25, 0.3) is 22.4 Å². The van der Waals surface area contributed by atoms with E-state index in [1.807, 2.05) is 30.1 Å². The molecule has 0 saturated carbocycles. The molecular weight excluding hydrogens is 596 g/mol. The van der Waals surface area contributed by atoms with Crippen LogP contribution in [0.15, 0.2) is 60.8 Å². The van der Waals surface area contributed by atoms with Crippen molar-refractivity contribution < 1.29 is 14.3 Å². The van der Waals surface area contributed by atoms with Gasteiger partial charge in [0.2, 0.25) is 0 Å². The molecule has 2 saturated heterocycles. The average Bonchev–Trinajstić information content (AvgIpc) is 3.11. The second-order valence-corrected chi connectivity index (χ2v) is 11.8. The highest BCUT2D eigenvalue weighted by atomic mass is 16.5. The number of hydrogen-bond donors (Lipinski definition) is 4. The lowest BCUT2D eigenvalue weighted by molar-refractivity contribution is 0.0664. The number of piperazine rings is 1. The molecule has 3 amide bonds. The van der Waals surface area contributed by atoms with Crippen LogP contribution in [0.4, 0.5) is 22.0 Å². The monoisotopic (exact) mass is 636 g/mol. The molecule has 0 aliphatic carbocycles. The lowest BCUT2D eigenvalue weighted by Gasteiger charge is -2.32. The van der Waals surface area contributed by atoms with Gasteiger partial charge < -0.3 is 40.8 Å². The zero-order valence-corrected chi connectivity index (χ0v) is 26.7. The van der Waals surface area contributed by atoms with Crippen LogP contribution in [0.2, 0.25) is 0 Å². The van der Waals surface area contributed by atoms with E-state index < -0.39 is 6.03 Å². The maximum absolute atomic E-state index is 12.8. The predicted octanol–water partition coefficient (Wildman–Crippen LogP) is 3.51. The fourth-order valence-electron chi connectivity index (χ4n) is 5.72. The van der Waals surface area contributed by atoms with Crippen LogP contribution in [0.1, 0.15) is 21.8 Å². The number of pyridine rings is 1. The van der Waals surface area contributed by atoms with Crippen LogP contribution >= 0.6 is 0 Å². The SMILES string of the molecule is CNCC(C=N)c1cnc2c(N3CCOCC3)nc(-c3ccc(NC(=O)Nc4ccc(C(=O)N5CCN(C)CC5)cc4)cc3)nc2c1. The number of carbonyl (C=O) groups excluding carboxylic acids is 2. The lowest BCUT2D eigenvalue weighted by atomic mass is 10.0. The van der Waals surface area contributed by atoms with E-state index >= 15 is 0 Å². The lowest BCUT2D eigenvalue weighted by Crippen LogP contribution is -2.47. The Bertz CT molecular complexity index is 1720. The normalized spacial score (nSPS) is 16.1. The molecule has 0 spiro atoms. The Kier molecular flexibility index (Phi) is 9.95. The van der Waals surface area contributed by atoms with Crippen molar-refractivity contribution in [3.05, 3.63) is 71.9 Å². The molecule has 47 heavy (non-hydrogen) atoms. The maximum atomic E-state index is 12.8. The first-order valence-corrected chi connectivity index (χ1v) is 15.8. The number of anilines is 3. The van der Waals surface area contributed by atoms with E-state index in [0.717, 1.165) is 30.0 Å². The van der Waals surface area contributed by atoms with Gasteiger partial charge in [0.05, 0.1) is 18.7 Å². The first-order valence-electron chi connectivity index (χ1n) is 15.8. The first-order chi connectivity index (χ1) is 22.9. The number of amides is 3. The van der Waals surface area contributed by atoms with Crippen LogP contribution in [0.5, 0.6) is 0 Å². The minimum absolute atomic E-state index is 0.00250. The van der Waals surface area contributed by atoms with Crippen molar-refractivity contribution in [2.75, 3.05) is 88.7 Å². The van der Waals surface area contributed by atoms with Gasteiger partial charge in [-0.25, -0.2) is 14.8 Å². The molecule has 2 fully saturated rings. The van der Waals surface area contributed by atoms with Gasteiger partial charge in [-0.15, -0.1) is 0 Å². The molecule has 6 rings (SSSR count). The third-order valence-electron chi connectivity index (χ3n) is 8.48. The molecule has 13 nitrogen and oxygen atoms in total. The summed E-state index contributed by atoms with van der Waals surface area (Å²) in [4.78, 5) is 46.4. The van der Waals surface area contributed by atoms with Gasteiger partial charge in [-0.05, 0) is 74.3 Å². The quantitative estimate of drug-likeness (QED) is 0.202. The number of ether oxygens (including phenoxy) is 1. The Labute approximate surface area is 273 Å². The molecule has 2 aromatic heterocycles. The molecule has 0 bridgehead atoms. The van der Waals surface area contributed by atoms with Gasteiger partial charge in [-0.1, -0.05) is 0 Å². The van der Waals surface area contributed by atoms with E-state index in [4.69, 9.17) is 25.1 Å². The summed E-state index contributed by atoms with van der Waals surface area (Å²) in [5.41, 5.74) is 4.89. The van der Waals surface area contributed by atoms with Crippen LogP contribution in [0.3, 0.4) is 0 Å². The summed E-state index contributed by atoms with van der Waals surface area (Å²) in [6, 6.07) is 15.9. The number of benzene rings is 2. The molecule has 2 aromatic carbocycles. The zero-order chi connectivity index (χ0) is 32.8. The Morgan fingerprint density at radius 2 is 1.60 bits per heavy atom. The maximum Gasteiger partial charge on any atom is 0.323 e. The number of fused-ring (bicyclic) bond motifs is 1. The summed E-state index contributed by atoms with van der Waals surface area (Å²) in [5, 5.41) is 16.7. The molecule has 4 aromatic rings. The van der Waals surface area contributed by atoms with E-state index in [0.29, 0.717) is 79.7 Å². The highest BCUT2D eigenvalue weighted by Gasteiger charge is 2.22. The smallest absolute Gasteiger partial charge is 0.323 e. The molecule has 1 unspecified atom stereocenters. The number of hydrogen-bond acceptors (Lipinski definition) is 10. The zero-order valence-electron chi connectivity index (χ0n) is 26.7. The Balaban J connectivity index is 1.16. The summed E-state index contributed by atoms with van der Waals surface area (Å²) in [6.45, 7) is 6.37. The van der Waals surface area contributed by atoms with Crippen molar-refractivity contribution in [2.45, 2.75) is 5.92 Å². The molecule has 4 heterocycles. The number of rotatable bonds is 9. The van der Waals surface area contributed by atoms with Crippen LogP contribution in [0, 0.1) is 5.41 Å². The van der Waals surface area contributed by atoms with Crippen LogP contribution < -0.4 is 20.9 Å². The minimum Gasteiger partial charge on any atom is -0.378 e. The topological polar surface area (TPSA) is 152 Å². The average molecular weight is 637 g/mol. The van der Waals surface area contributed by atoms with Gasteiger partial charge in [0, 0.05) is 86.6 Å². The summed E-state index contributed by atoms with van der Waals surface area (Å²) in [5.74, 6) is 1.17. The van der Waals surface area contributed by atoms with Crippen LogP contribution in [-0.4, -0.2) is 116 Å². The summed E-state index contributed by atoms with van der Waals surface area (Å²) in [7, 11) is 3.92. The molecule has 1 atom stereocenters. The number of likely N-dealkylation sites (N-methyl/N-ethyl adjacent to an activating group) is 2. The third-order valence-corrected chi connectivity index (χ3v) is 8.48. The molecule has 244 valence electrons. The van der Waals surface area contributed by atoms with Gasteiger partial charge in [0.1, 0.15) is 5.52 Å². The van der Waals surface area contributed by atoms with Gasteiger partial charge in [0.25, 0.3) is 5.91 Å². The number of aromatic nitrogens is 3. The van der Waals surface area contributed by atoms with Crippen LogP contribution in [-0.2, 0) is 4.74 Å². The van der Waals surface area contributed by atoms with Crippen molar-refractivity contribution in [2.24, 2.45) is 0 Å². The Morgan fingerprint density at radius 3 is 2.23 bits per heavy atom. The van der Waals surface area contributed by atoms with E-state index in [1.165, 1.54) is 6.21 Å². The molecule has 0 radical (unpaired) electrons. The Morgan fingerprint density at radius 1 is 0.936 bits per heavy atom. The highest BCUT2D eigenvalue weighted by molar-refractivity contribution is 6.00. The molecule has 2 aliphatic rings. The number of morpholine rings is 1. The highest BCUT2D eigenvalue weighted by Crippen LogP contribution is 2.29. The first kappa shape index (κ1) is 32.0. The fourth-order valence-corrected chi connectivity index (χ4v) is 5.72. The van der Waals surface area contributed by atoms with Gasteiger partial charge in [-0.3, -0.25) is 9.78 Å². The minimum atomic E-state index is -0.395. The second kappa shape index (κ2) is 14.6. The van der Waals surface area contributed by atoms with Gasteiger partial charge in [0.15, 0.2) is 11.6 Å². The molecular formula is C34H40N10O3. The standard InChI is InChI=1S/C34H40N10O3/c1-36-21-26(20-35)25-19-29-30(37-22-25)32(43-15-17-47-18-16-43)41-31(40-29)23-3-7-27(8-4-23)38-34(46)39-28-9-5-24(6-10-28)33(45)44-13-11-42(2)12-14-44/h3-10,19-20,22,26,35-36H,11-18,21H2,1-2H3,(H2,38,39,46). The molecule has 2 aliphatic heterocycles. The van der Waals surface area contributed by atoms with E-state index in [1.54, 1.807) is 42.6 Å². The van der Waals surface area contributed by atoms with Crippen molar-refractivity contribution in [1.82, 2.24) is 30.1 Å². The fraction of sp³-hybridized carbons (Fsp3) is 0.353. The van der Waals surface area contributed by atoms with Gasteiger partial charge >= 0.3 is 6.03 Å².